The number of carbonyl (C=O) groups is 1. The molecule has 4 rings (SSSR count). The Morgan fingerprint density at radius 3 is 2.53 bits per heavy atom. The lowest BCUT2D eigenvalue weighted by molar-refractivity contribution is 0.0123. The summed E-state index contributed by atoms with van der Waals surface area (Å²) < 4.78 is 20.5. The molecule has 0 N–H and O–H groups in total. The van der Waals surface area contributed by atoms with Gasteiger partial charge in [-0.15, -0.1) is 0 Å². The number of hydrogen-bond acceptors (Lipinski definition) is 6. The minimum Gasteiger partial charge on any atom is -0.444 e. The topological polar surface area (TPSA) is 82.3 Å². The molecule has 2 unspecified atom stereocenters. The van der Waals surface area contributed by atoms with E-state index in [0.29, 0.717) is 24.3 Å². The number of anilines is 1. The third-order valence-corrected chi connectivity index (χ3v) is 6.27. The maximum atomic E-state index is 14.8. The second kappa shape index (κ2) is 7.50. The molecule has 158 valence electrons. The molecule has 10 heteroatoms. The number of nitriles is 1. The van der Waals surface area contributed by atoms with E-state index in [-0.39, 0.29) is 39.0 Å². The van der Waals surface area contributed by atoms with E-state index in [1.165, 1.54) is 0 Å². The van der Waals surface area contributed by atoms with Crippen molar-refractivity contribution < 1.29 is 13.9 Å². The highest BCUT2D eigenvalue weighted by molar-refractivity contribution is 9.10. The fourth-order valence-corrected chi connectivity index (χ4v) is 4.73. The first-order valence-corrected chi connectivity index (χ1v) is 10.8. The summed E-state index contributed by atoms with van der Waals surface area (Å²) in [4.78, 5) is 24.9. The van der Waals surface area contributed by atoms with Crippen LogP contribution in [0, 0.1) is 17.1 Å². The highest BCUT2D eigenvalue weighted by Gasteiger charge is 2.45. The predicted octanol–water partition coefficient (Wildman–Crippen LogP) is 4.64. The molecule has 0 aliphatic carbocycles. The monoisotopic (exact) mass is 495 g/mol. The van der Waals surface area contributed by atoms with Gasteiger partial charge in [-0.1, -0.05) is 0 Å². The molecule has 30 heavy (non-hydrogen) atoms. The van der Waals surface area contributed by atoms with Crippen molar-refractivity contribution in [3.05, 3.63) is 27.2 Å². The molecule has 2 fully saturated rings. The summed E-state index contributed by atoms with van der Waals surface area (Å²) in [7, 11) is 0. The van der Waals surface area contributed by atoms with Crippen molar-refractivity contribution in [3.63, 3.8) is 0 Å². The lowest BCUT2D eigenvalue weighted by atomic mass is 10.1. The van der Waals surface area contributed by atoms with E-state index in [1.54, 1.807) is 6.07 Å². The zero-order chi connectivity index (χ0) is 21.8. The summed E-state index contributed by atoms with van der Waals surface area (Å²) in [6.07, 6.45) is 1.38. The Labute approximate surface area is 186 Å². The Morgan fingerprint density at radius 1 is 1.33 bits per heavy atom. The molecule has 7 nitrogen and oxygen atoms in total. The molecule has 0 radical (unpaired) electrons. The van der Waals surface area contributed by atoms with Crippen molar-refractivity contribution in [2.24, 2.45) is 0 Å². The van der Waals surface area contributed by atoms with Gasteiger partial charge in [-0.2, -0.15) is 10.2 Å². The standard InChI is InChI=1S/C20H20BrClFN5O2/c1-20(2,3)30-19(29)28-11-4-5-12(28)9-27(8-11)17-13-6-10(7-24)14(21)15(23)16(13)25-18(22)26-17/h6,11-12H,4-5,8-9H2,1-3H3. The van der Waals surface area contributed by atoms with Crippen molar-refractivity contribution in [2.75, 3.05) is 18.0 Å². The SMILES string of the molecule is CC(C)(C)OC(=O)N1C2CCC1CN(c1nc(Cl)nc3c(F)c(Br)c(C#N)cc13)C2. The van der Waals surface area contributed by atoms with E-state index >= 15 is 0 Å². The van der Waals surface area contributed by atoms with E-state index < -0.39 is 11.4 Å². The first kappa shape index (κ1) is 21.1. The van der Waals surface area contributed by atoms with Gasteiger partial charge in [0.1, 0.15) is 23.0 Å². The minimum atomic E-state index is -0.648. The Kier molecular flexibility index (Phi) is 5.27. The van der Waals surface area contributed by atoms with Crippen molar-refractivity contribution >= 4 is 50.3 Å². The number of aromatic nitrogens is 2. The van der Waals surface area contributed by atoms with Gasteiger partial charge in [-0.3, -0.25) is 4.90 Å². The number of hydrogen-bond donors (Lipinski definition) is 0. The molecular weight excluding hydrogens is 477 g/mol. The lowest BCUT2D eigenvalue weighted by Crippen LogP contribution is -2.57. The zero-order valence-corrected chi connectivity index (χ0v) is 19.1. The average molecular weight is 497 g/mol. The number of benzene rings is 1. The number of rotatable bonds is 1. The fraction of sp³-hybridized carbons (Fsp3) is 0.500. The van der Waals surface area contributed by atoms with Crippen LogP contribution >= 0.6 is 27.5 Å². The molecule has 1 aromatic heterocycles. The van der Waals surface area contributed by atoms with Crippen LogP contribution < -0.4 is 4.90 Å². The van der Waals surface area contributed by atoms with Crippen LogP contribution in [-0.2, 0) is 4.74 Å². The number of nitrogens with zero attached hydrogens (tertiary/aromatic N) is 5. The number of carbonyl (C=O) groups excluding carboxylic acids is 1. The van der Waals surface area contributed by atoms with E-state index in [1.807, 2.05) is 36.6 Å². The van der Waals surface area contributed by atoms with E-state index in [4.69, 9.17) is 16.3 Å². The van der Waals surface area contributed by atoms with E-state index in [0.717, 1.165) is 12.8 Å². The van der Waals surface area contributed by atoms with E-state index in [2.05, 4.69) is 25.9 Å². The number of ether oxygens (including phenoxy) is 1. The number of piperazine rings is 1. The Bertz CT molecular complexity index is 1070. The van der Waals surface area contributed by atoms with Crippen LogP contribution in [-0.4, -0.2) is 51.7 Å². The maximum Gasteiger partial charge on any atom is 0.410 e. The van der Waals surface area contributed by atoms with Crippen molar-refractivity contribution in [3.8, 4) is 6.07 Å². The predicted molar refractivity (Wildman–Crippen MR) is 114 cm³/mol. The van der Waals surface area contributed by atoms with Crippen LogP contribution in [0.2, 0.25) is 5.28 Å². The molecule has 2 aliphatic rings. The van der Waals surface area contributed by atoms with Gasteiger partial charge >= 0.3 is 6.09 Å². The Balaban J connectivity index is 1.71. The summed E-state index contributed by atoms with van der Waals surface area (Å²) >= 11 is 9.21. The second-order valence-corrected chi connectivity index (χ2v) is 9.68. The summed E-state index contributed by atoms with van der Waals surface area (Å²) in [6.45, 7) is 6.56. The molecule has 1 amide bonds. The fourth-order valence-electron chi connectivity index (χ4n) is 4.17. The molecule has 2 aliphatic heterocycles. The third kappa shape index (κ3) is 3.67. The van der Waals surface area contributed by atoms with Gasteiger partial charge in [0.15, 0.2) is 5.82 Å². The van der Waals surface area contributed by atoms with Gasteiger partial charge in [0, 0.05) is 18.5 Å². The molecule has 2 saturated heterocycles. The Morgan fingerprint density at radius 2 is 1.97 bits per heavy atom. The van der Waals surface area contributed by atoms with E-state index in [9.17, 15) is 14.4 Å². The average Bonchev–Trinajstić information content (AvgIpc) is 2.93. The lowest BCUT2D eigenvalue weighted by Gasteiger charge is -2.42. The summed E-state index contributed by atoms with van der Waals surface area (Å²) in [5.74, 6) is -0.182. The minimum absolute atomic E-state index is 0.0434. The van der Waals surface area contributed by atoms with Gasteiger partial charge in [-0.05, 0) is 67.2 Å². The van der Waals surface area contributed by atoms with Crippen LogP contribution in [0.25, 0.3) is 10.9 Å². The van der Waals surface area contributed by atoms with Crippen molar-refractivity contribution in [1.29, 1.82) is 5.26 Å². The molecule has 3 heterocycles. The van der Waals surface area contributed by atoms with Gasteiger partial charge in [0.2, 0.25) is 5.28 Å². The quantitative estimate of drug-likeness (QED) is 0.535. The molecule has 0 saturated carbocycles. The summed E-state index contributed by atoms with van der Waals surface area (Å²) in [6, 6.07) is 3.46. The summed E-state index contributed by atoms with van der Waals surface area (Å²) in [5, 5.41) is 9.70. The number of halogens is 3. The smallest absolute Gasteiger partial charge is 0.410 e. The Hall–Kier alpha value is -2.18. The van der Waals surface area contributed by atoms with Crippen molar-refractivity contribution in [2.45, 2.75) is 51.3 Å². The molecule has 2 atom stereocenters. The summed E-state index contributed by atoms with van der Waals surface area (Å²) in [5.41, 5.74) is -0.358. The van der Waals surface area contributed by atoms with Crippen LogP contribution in [0.5, 0.6) is 0 Å². The van der Waals surface area contributed by atoms with Crippen LogP contribution in [0.1, 0.15) is 39.2 Å². The normalized spacial score (nSPS) is 21.1. The second-order valence-electron chi connectivity index (χ2n) is 8.55. The van der Waals surface area contributed by atoms with Crippen molar-refractivity contribution in [1.82, 2.24) is 14.9 Å². The number of fused-ring (bicyclic) bond motifs is 3. The van der Waals surface area contributed by atoms with Crippen LogP contribution in [0.3, 0.4) is 0 Å². The molecule has 2 aromatic rings. The van der Waals surface area contributed by atoms with Crippen LogP contribution in [0.15, 0.2) is 10.5 Å². The molecule has 0 spiro atoms. The first-order chi connectivity index (χ1) is 14.1. The van der Waals surface area contributed by atoms with Gasteiger partial charge in [0.05, 0.1) is 22.1 Å². The highest BCUT2D eigenvalue weighted by atomic mass is 79.9. The maximum absolute atomic E-state index is 14.8. The molecule has 1 aromatic carbocycles. The highest BCUT2D eigenvalue weighted by Crippen LogP contribution is 2.38. The van der Waals surface area contributed by atoms with Gasteiger partial charge < -0.3 is 9.64 Å². The van der Waals surface area contributed by atoms with Crippen LogP contribution in [0.4, 0.5) is 15.0 Å². The largest absolute Gasteiger partial charge is 0.444 e. The molecular formula is C20H20BrClFN5O2. The molecule has 2 bridgehead atoms. The van der Waals surface area contributed by atoms with Gasteiger partial charge in [0.25, 0.3) is 0 Å². The number of amides is 1. The zero-order valence-electron chi connectivity index (χ0n) is 16.7. The first-order valence-electron chi connectivity index (χ1n) is 9.60. The van der Waals surface area contributed by atoms with Gasteiger partial charge in [-0.25, -0.2) is 14.2 Å². The third-order valence-electron chi connectivity index (χ3n) is 5.33.